The first-order chi connectivity index (χ1) is 15.4. The highest BCUT2D eigenvalue weighted by Crippen LogP contribution is 2.40. The van der Waals surface area contributed by atoms with Crippen molar-refractivity contribution in [2.45, 2.75) is 57.2 Å². The van der Waals surface area contributed by atoms with Gasteiger partial charge in [0.2, 0.25) is 0 Å². The van der Waals surface area contributed by atoms with Gasteiger partial charge >= 0.3 is 12.4 Å². The molecule has 3 atom stereocenters. The lowest BCUT2D eigenvalue weighted by Gasteiger charge is -2.36. The molecule has 0 aliphatic carbocycles. The Kier molecular flexibility index (Phi) is 7.81. The van der Waals surface area contributed by atoms with Gasteiger partial charge in [0.15, 0.2) is 6.29 Å². The van der Waals surface area contributed by atoms with Crippen LogP contribution in [0.5, 0.6) is 0 Å². The molecule has 0 bridgehead atoms. The average molecular weight is 476 g/mol. The number of ketones is 1. The summed E-state index contributed by atoms with van der Waals surface area (Å²) in [5, 5.41) is 0. The molecular formula is C23H22F6O4. The quantitative estimate of drug-likeness (QED) is 0.454. The highest BCUT2D eigenvalue weighted by atomic mass is 19.4. The van der Waals surface area contributed by atoms with Gasteiger partial charge in [-0.15, -0.1) is 0 Å². The number of hydrogen-bond acceptors (Lipinski definition) is 4. The lowest BCUT2D eigenvalue weighted by molar-refractivity contribution is -0.256. The SMILES string of the molecule is CC(=O)C[C@@H]1C[C@H](COCc2ccccc2)O[C@H](c2cc(C(F)(F)F)cc(C(F)(F)F)c2)O1. The molecular weight excluding hydrogens is 454 g/mol. The number of halogens is 6. The predicted molar refractivity (Wildman–Crippen MR) is 105 cm³/mol. The van der Waals surface area contributed by atoms with Crippen LogP contribution in [0, 0.1) is 0 Å². The fourth-order valence-corrected chi connectivity index (χ4v) is 3.50. The molecule has 3 rings (SSSR count). The van der Waals surface area contributed by atoms with Crippen LogP contribution in [0.4, 0.5) is 26.3 Å². The van der Waals surface area contributed by atoms with E-state index in [1.54, 1.807) is 0 Å². The van der Waals surface area contributed by atoms with Crippen molar-refractivity contribution >= 4 is 5.78 Å². The highest BCUT2D eigenvalue weighted by Gasteiger charge is 2.39. The van der Waals surface area contributed by atoms with E-state index in [1.807, 2.05) is 30.3 Å². The Balaban J connectivity index is 1.82. The van der Waals surface area contributed by atoms with Gasteiger partial charge in [0.1, 0.15) is 5.78 Å². The Morgan fingerprint density at radius 2 is 1.52 bits per heavy atom. The second-order valence-corrected chi connectivity index (χ2v) is 7.83. The molecule has 180 valence electrons. The van der Waals surface area contributed by atoms with Gasteiger partial charge in [-0.05, 0) is 30.7 Å². The molecule has 1 aliphatic heterocycles. The Hall–Kier alpha value is -2.43. The van der Waals surface area contributed by atoms with E-state index < -0.39 is 47.5 Å². The summed E-state index contributed by atoms with van der Waals surface area (Å²) in [6.07, 6.45) is -12.8. The summed E-state index contributed by atoms with van der Waals surface area (Å²) < 4.78 is 96.3. The molecule has 1 aliphatic rings. The molecule has 1 heterocycles. The molecule has 10 heteroatoms. The normalized spacial score (nSPS) is 21.7. The van der Waals surface area contributed by atoms with Gasteiger partial charge < -0.3 is 14.2 Å². The van der Waals surface area contributed by atoms with Crippen LogP contribution in [0.15, 0.2) is 48.5 Å². The van der Waals surface area contributed by atoms with Crippen LogP contribution in [0.2, 0.25) is 0 Å². The van der Waals surface area contributed by atoms with Gasteiger partial charge in [-0.2, -0.15) is 26.3 Å². The second-order valence-electron chi connectivity index (χ2n) is 7.83. The third-order valence-electron chi connectivity index (χ3n) is 4.97. The van der Waals surface area contributed by atoms with Crippen molar-refractivity contribution in [1.29, 1.82) is 0 Å². The van der Waals surface area contributed by atoms with Gasteiger partial charge in [-0.25, -0.2) is 0 Å². The highest BCUT2D eigenvalue weighted by molar-refractivity contribution is 5.76. The molecule has 0 amide bonds. The van der Waals surface area contributed by atoms with Crippen LogP contribution in [0.3, 0.4) is 0 Å². The molecule has 33 heavy (non-hydrogen) atoms. The fraction of sp³-hybridized carbons (Fsp3) is 0.435. The minimum Gasteiger partial charge on any atom is -0.374 e. The van der Waals surface area contributed by atoms with Gasteiger partial charge in [0.25, 0.3) is 0 Å². The van der Waals surface area contributed by atoms with Crippen molar-refractivity contribution in [3.8, 4) is 0 Å². The zero-order valence-corrected chi connectivity index (χ0v) is 17.6. The van der Waals surface area contributed by atoms with E-state index in [4.69, 9.17) is 14.2 Å². The number of hydrogen-bond donors (Lipinski definition) is 0. The Morgan fingerprint density at radius 3 is 2.06 bits per heavy atom. The average Bonchev–Trinajstić information content (AvgIpc) is 2.72. The first-order valence-corrected chi connectivity index (χ1v) is 10.1. The van der Waals surface area contributed by atoms with Gasteiger partial charge in [-0.1, -0.05) is 30.3 Å². The molecule has 2 aromatic rings. The number of rotatable bonds is 7. The lowest BCUT2D eigenvalue weighted by Crippen LogP contribution is -2.37. The predicted octanol–water partition coefficient (Wildman–Crippen LogP) is 6.09. The van der Waals surface area contributed by atoms with Crippen LogP contribution < -0.4 is 0 Å². The van der Waals surface area contributed by atoms with Crippen molar-refractivity contribution < 1.29 is 45.3 Å². The van der Waals surface area contributed by atoms with Crippen LogP contribution in [0.25, 0.3) is 0 Å². The van der Waals surface area contributed by atoms with Crippen molar-refractivity contribution in [2.75, 3.05) is 6.61 Å². The van der Waals surface area contributed by atoms with E-state index >= 15 is 0 Å². The molecule has 0 N–H and O–H groups in total. The molecule has 1 saturated heterocycles. The summed E-state index contributed by atoms with van der Waals surface area (Å²) >= 11 is 0. The molecule has 1 fully saturated rings. The Labute approximate surface area is 186 Å². The van der Waals surface area contributed by atoms with Crippen LogP contribution >= 0.6 is 0 Å². The smallest absolute Gasteiger partial charge is 0.374 e. The molecule has 0 radical (unpaired) electrons. The summed E-state index contributed by atoms with van der Waals surface area (Å²) in [4.78, 5) is 11.6. The summed E-state index contributed by atoms with van der Waals surface area (Å²) in [6, 6.07) is 10.4. The fourth-order valence-electron chi connectivity index (χ4n) is 3.50. The summed E-state index contributed by atoms with van der Waals surface area (Å²) in [5.74, 6) is -0.232. The Morgan fingerprint density at radius 1 is 0.939 bits per heavy atom. The second kappa shape index (κ2) is 10.2. The number of Topliss-reactive ketones (excluding diaryl/α,β-unsaturated/α-hetero) is 1. The summed E-state index contributed by atoms with van der Waals surface area (Å²) in [7, 11) is 0. The largest absolute Gasteiger partial charge is 0.416 e. The van der Waals surface area contributed by atoms with Gasteiger partial charge in [-0.3, -0.25) is 4.79 Å². The van der Waals surface area contributed by atoms with E-state index in [1.165, 1.54) is 6.92 Å². The van der Waals surface area contributed by atoms with E-state index in [9.17, 15) is 31.1 Å². The molecule has 4 nitrogen and oxygen atoms in total. The van der Waals surface area contributed by atoms with Crippen molar-refractivity contribution in [3.63, 3.8) is 0 Å². The zero-order valence-electron chi connectivity index (χ0n) is 17.6. The molecule has 0 saturated carbocycles. The first kappa shape index (κ1) is 25.2. The third kappa shape index (κ3) is 7.28. The maximum Gasteiger partial charge on any atom is 0.416 e. The van der Waals surface area contributed by atoms with E-state index in [0.717, 1.165) is 5.56 Å². The third-order valence-corrected chi connectivity index (χ3v) is 4.97. The Bertz CT molecular complexity index is 910. The van der Waals surface area contributed by atoms with Crippen molar-refractivity contribution in [3.05, 3.63) is 70.8 Å². The number of alkyl halides is 6. The molecule has 0 spiro atoms. The lowest BCUT2D eigenvalue weighted by atomic mass is 10.0. The van der Waals surface area contributed by atoms with Crippen LogP contribution in [-0.2, 0) is 38.0 Å². The summed E-state index contributed by atoms with van der Waals surface area (Å²) in [5.41, 5.74) is -2.48. The zero-order chi connectivity index (χ0) is 24.2. The van der Waals surface area contributed by atoms with E-state index in [0.29, 0.717) is 12.1 Å². The monoisotopic (exact) mass is 476 g/mol. The summed E-state index contributed by atoms with van der Waals surface area (Å²) in [6.45, 7) is 1.58. The van der Waals surface area contributed by atoms with Crippen LogP contribution in [-0.4, -0.2) is 24.6 Å². The number of carbonyl (C=O) groups is 1. The van der Waals surface area contributed by atoms with E-state index in [-0.39, 0.29) is 37.9 Å². The molecule has 0 unspecified atom stereocenters. The van der Waals surface area contributed by atoms with Crippen molar-refractivity contribution in [1.82, 2.24) is 0 Å². The first-order valence-electron chi connectivity index (χ1n) is 10.1. The van der Waals surface area contributed by atoms with Gasteiger partial charge in [0, 0.05) is 18.4 Å². The maximum atomic E-state index is 13.2. The topological polar surface area (TPSA) is 44.8 Å². The number of ether oxygens (including phenoxy) is 3. The minimum absolute atomic E-state index is 0.0221. The van der Waals surface area contributed by atoms with Crippen molar-refractivity contribution in [2.24, 2.45) is 0 Å². The molecule has 2 aromatic carbocycles. The van der Waals surface area contributed by atoms with E-state index in [2.05, 4.69) is 0 Å². The minimum atomic E-state index is -5.00. The number of carbonyl (C=O) groups excluding carboxylic acids is 1. The van der Waals surface area contributed by atoms with Crippen LogP contribution in [0.1, 0.15) is 48.3 Å². The van der Waals surface area contributed by atoms with Gasteiger partial charge in [0.05, 0.1) is 36.5 Å². The number of benzene rings is 2. The standard InChI is InChI=1S/C23H22F6O4/c1-14(30)7-19-11-20(13-31-12-15-5-3-2-4-6-15)33-21(32-19)16-8-17(22(24,25)26)10-18(9-16)23(27,28)29/h2-6,8-10,19-21H,7,11-13H2,1H3/t19-,20-,21-/m1/s1. The molecule has 0 aromatic heterocycles. The maximum absolute atomic E-state index is 13.2.